The van der Waals surface area contributed by atoms with Crippen LogP contribution in [0.15, 0.2) is 12.4 Å². The average molecular weight is 313 g/mol. The van der Waals surface area contributed by atoms with Crippen LogP contribution in [-0.4, -0.2) is 54.1 Å². The molecule has 0 bridgehead atoms. The Morgan fingerprint density at radius 3 is 2.71 bits per heavy atom. The zero-order valence-corrected chi connectivity index (χ0v) is 13.4. The molecule has 2 heterocycles. The molecule has 2 fully saturated rings. The van der Waals surface area contributed by atoms with Crippen molar-refractivity contribution in [1.29, 1.82) is 0 Å². The van der Waals surface area contributed by atoms with E-state index in [4.69, 9.17) is 4.74 Å². The van der Waals surface area contributed by atoms with Crippen LogP contribution < -0.4 is 0 Å². The average Bonchev–Trinajstić information content (AvgIpc) is 3.00. The standard InChI is InChI=1S/C14H23N3O3S/c1-16-9-12(8-15-16)7-13-14(20-10-11-3-4-11)5-6-17(13)21(2,18)19/h8-9,11,13-14H,3-7,10H2,1-2H3/t13-,14-/m0/s1. The lowest BCUT2D eigenvalue weighted by molar-refractivity contribution is 0.0306. The lowest BCUT2D eigenvalue weighted by atomic mass is 10.1. The highest BCUT2D eigenvalue weighted by molar-refractivity contribution is 7.88. The van der Waals surface area contributed by atoms with Crippen molar-refractivity contribution in [3.8, 4) is 0 Å². The Morgan fingerprint density at radius 2 is 2.14 bits per heavy atom. The van der Waals surface area contributed by atoms with Gasteiger partial charge < -0.3 is 4.74 Å². The molecule has 2 aliphatic rings. The summed E-state index contributed by atoms with van der Waals surface area (Å²) in [6.07, 6.45) is 8.97. The number of hydrogen-bond acceptors (Lipinski definition) is 4. The van der Waals surface area contributed by atoms with Crippen LogP contribution >= 0.6 is 0 Å². The summed E-state index contributed by atoms with van der Waals surface area (Å²) in [4.78, 5) is 0. The SMILES string of the molecule is Cn1cc(C[C@H]2[C@@H](OCC3CC3)CCN2S(C)(=O)=O)cn1. The first-order valence-corrected chi connectivity index (χ1v) is 9.34. The molecule has 2 atom stereocenters. The molecule has 0 radical (unpaired) electrons. The van der Waals surface area contributed by atoms with E-state index in [0.29, 0.717) is 18.9 Å². The number of aromatic nitrogens is 2. The second-order valence-electron chi connectivity index (χ2n) is 6.27. The summed E-state index contributed by atoms with van der Waals surface area (Å²) in [5.74, 6) is 0.691. The van der Waals surface area contributed by atoms with E-state index in [9.17, 15) is 8.42 Å². The Labute approximate surface area is 126 Å². The van der Waals surface area contributed by atoms with Gasteiger partial charge in [-0.3, -0.25) is 4.68 Å². The number of hydrogen-bond donors (Lipinski definition) is 0. The van der Waals surface area contributed by atoms with E-state index >= 15 is 0 Å². The molecule has 1 saturated heterocycles. The second kappa shape index (κ2) is 5.70. The van der Waals surface area contributed by atoms with Crippen LogP contribution in [0.5, 0.6) is 0 Å². The Kier molecular flexibility index (Phi) is 4.07. The lowest BCUT2D eigenvalue weighted by Gasteiger charge is -2.26. The van der Waals surface area contributed by atoms with Gasteiger partial charge >= 0.3 is 0 Å². The normalized spacial score (nSPS) is 27.3. The van der Waals surface area contributed by atoms with Crippen LogP contribution in [0, 0.1) is 5.92 Å². The van der Waals surface area contributed by atoms with Gasteiger partial charge in [0.05, 0.1) is 24.6 Å². The quantitative estimate of drug-likeness (QED) is 0.779. The van der Waals surface area contributed by atoms with Crippen molar-refractivity contribution < 1.29 is 13.2 Å². The maximum absolute atomic E-state index is 12.0. The molecule has 1 aliphatic carbocycles. The van der Waals surface area contributed by atoms with Gasteiger partial charge in [0.2, 0.25) is 10.0 Å². The van der Waals surface area contributed by atoms with Crippen molar-refractivity contribution in [2.75, 3.05) is 19.4 Å². The summed E-state index contributed by atoms with van der Waals surface area (Å²) in [6.45, 7) is 1.32. The number of ether oxygens (including phenoxy) is 1. The molecule has 7 heteroatoms. The summed E-state index contributed by atoms with van der Waals surface area (Å²) >= 11 is 0. The van der Waals surface area contributed by atoms with E-state index in [1.165, 1.54) is 19.1 Å². The highest BCUT2D eigenvalue weighted by Gasteiger charge is 2.40. The molecule has 6 nitrogen and oxygen atoms in total. The number of sulfonamides is 1. The van der Waals surface area contributed by atoms with Crippen LogP contribution in [0.1, 0.15) is 24.8 Å². The van der Waals surface area contributed by atoms with Crippen molar-refractivity contribution in [1.82, 2.24) is 14.1 Å². The highest BCUT2D eigenvalue weighted by Crippen LogP contribution is 2.32. The van der Waals surface area contributed by atoms with E-state index in [0.717, 1.165) is 18.6 Å². The van der Waals surface area contributed by atoms with Crippen molar-refractivity contribution in [3.05, 3.63) is 18.0 Å². The third-order valence-corrected chi connectivity index (χ3v) is 5.61. The molecule has 1 aromatic rings. The monoisotopic (exact) mass is 313 g/mol. The summed E-state index contributed by atoms with van der Waals surface area (Å²) in [7, 11) is -1.33. The van der Waals surface area contributed by atoms with Gasteiger partial charge in [-0.2, -0.15) is 9.40 Å². The predicted octanol–water partition coefficient (Wildman–Crippen LogP) is 0.792. The maximum atomic E-state index is 12.0. The summed E-state index contributed by atoms with van der Waals surface area (Å²) in [6, 6.07) is -0.108. The minimum absolute atomic E-state index is 0.000492. The topological polar surface area (TPSA) is 64.4 Å². The molecule has 0 aromatic carbocycles. The third kappa shape index (κ3) is 3.64. The van der Waals surface area contributed by atoms with Crippen LogP contribution in [0.3, 0.4) is 0 Å². The first-order chi connectivity index (χ1) is 9.93. The Balaban J connectivity index is 1.73. The molecular formula is C14H23N3O3S. The fourth-order valence-corrected chi connectivity index (χ4v) is 4.14. The van der Waals surface area contributed by atoms with Crippen LogP contribution in [0.25, 0.3) is 0 Å². The lowest BCUT2D eigenvalue weighted by Crippen LogP contribution is -2.41. The van der Waals surface area contributed by atoms with Crippen LogP contribution in [0.2, 0.25) is 0 Å². The number of aryl methyl sites for hydroxylation is 1. The van der Waals surface area contributed by atoms with Gasteiger partial charge in [0.1, 0.15) is 0 Å². The number of nitrogens with zero attached hydrogens (tertiary/aromatic N) is 3. The zero-order chi connectivity index (χ0) is 15.0. The van der Waals surface area contributed by atoms with Gasteiger partial charge in [-0.25, -0.2) is 8.42 Å². The van der Waals surface area contributed by atoms with E-state index in [-0.39, 0.29) is 12.1 Å². The van der Waals surface area contributed by atoms with E-state index < -0.39 is 10.0 Å². The predicted molar refractivity (Wildman–Crippen MR) is 79.3 cm³/mol. The van der Waals surface area contributed by atoms with Gasteiger partial charge in [0, 0.05) is 26.4 Å². The molecular weight excluding hydrogens is 290 g/mol. The molecule has 0 amide bonds. The first-order valence-electron chi connectivity index (χ1n) is 7.49. The van der Waals surface area contributed by atoms with E-state index in [1.807, 2.05) is 13.2 Å². The molecule has 21 heavy (non-hydrogen) atoms. The molecule has 1 saturated carbocycles. The van der Waals surface area contributed by atoms with Crippen LogP contribution in [0.4, 0.5) is 0 Å². The smallest absolute Gasteiger partial charge is 0.211 e. The molecule has 0 unspecified atom stereocenters. The summed E-state index contributed by atoms with van der Waals surface area (Å²) in [5.41, 5.74) is 1.05. The number of rotatable bonds is 6. The largest absolute Gasteiger partial charge is 0.376 e. The van der Waals surface area contributed by atoms with E-state index in [2.05, 4.69) is 5.10 Å². The summed E-state index contributed by atoms with van der Waals surface area (Å²) < 4.78 is 33.3. The Hall–Kier alpha value is -0.920. The molecule has 0 spiro atoms. The zero-order valence-electron chi connectivity index (χ0n) is 12.6. The first kappa shape index (κ1) is 15.0. The third-order valence-electron chi connectivity index (χ3n) is 4.31. The fourth-order valence-electron chi connectivity index (χ4n) is 3.00. The van der Waals surface area contributed by atoms with Crippen molar-refractivity contribution in [3.63, 3.8) is 0 Å². The van der Waals surface area contributed by atoms with Crippen LogP contribution in [-0.2, 0) is 28.2 Å². The maximum Gasteiger partial charge on any atom is 0.211 e. The van der Waals surface area contributed by atoms with Crippen molar-refractivity contribution in [2.45, 2.75) is 37.8 Å². The summed E-state index contributed by atoms with van der Waals surface area (Å²) in [5, 5.41) is 4.16. The Morgan fingerprint density at radius 1 is 1.38 bits per heavy atom. The van der Waals surface area contributed by atoms with Gasteiger partial charge in [0.25, 0.3) is 0 Å². The second-order valence-corrected chi connectivity index (χ2v) is 8.21. The minimum Gasteiger partial charge on any atom is -0.376 e. The van der Waals surface area contributed by atoms with Crippen molar-refractivity contribution >= 4 is 10.0 Å². The fraction of sp³-hybridized carbons (Fsp3) is 0.786. The van der Waals surface area contributed by atoms with Gasteiger partial charge in [0.15, 0.2) is 0 Å². The molecule has 3 rings (SSSR count). The highest BCUT2D eigenvalue weighted by atomic mass is 32.2. The van der Waals surface area contributed by atoms with Gasteiger partial charge in [-0.15, -0.1) is 0 Å². The minimum atomic E-state index is -3.19. The van der Waals surface area contributed by atoms with Crippen molar-refractivity contribution in [2.24, 2.45) is 13.0 Å². The van der Waals surface area contributed by atoms with Gasteiger partial charge in [-0.05, 0) is 37.2 Å². The Bertz CT molecular complexity index is 594. The molecule has 118 valence electrons. The van der Waals surface area contributed by atoms with E-state index in [1.54, 1.807) is 15.2 Å². The molecule has 1 aliphatic heterocycles. The molecule has 0 N–H and O–H groups in total. The molecule has 1 aromatic heterocycles. The van der Waals surface area contributed by atoms with Gasteiger partial charge in [-0.1, -0.05) is 0 Å².